The molecule has 0 saturated carbocycles. The van der Waals surface area contributed by atoms with Gasteiger partial charge in [-0.3, -0.25) is 0 Å². The molecule has 5 heteroatoms. The fourth-order valence-electron chi connectivity index (χ4n) is 0.869. The Labute approximate surface area is 73.7 Å². The highest BCUT2D eigenvalue weighted by molar-refractivity contribution is 7.71. The minimum absolute atomic E-state index is 0.144. The van der Waals surface area contributed by atoms with Crippen LogP contribution in [0.1, 0.15) is 10.5 Å². The van der Waals surface area contributed by atoms with Gasteiger partial charge in [-0.25, -0.2) is 4.79 Å². The van der Waals surface area contributed by atoms with Crippen LogP contribution in [0.15, 0.2) is 12.3 Å². The SMILES string of the molecule is Cn1ccc(=S)c(O)c1C(=O)O. The van der Waals surface area contributed by atoms with Gasteiger partial charge in [-0.1, -0.05) is 12.2 Å². The molecule has 1 aromatic rings. The van der Waals surface area contributed by atoms with Gasteiger partial charge in [0.2, 0.25) is 0 Å². The number of carbonyl (C=O) groups is 1. The lowest BCUT2D eigenvalue weighted by Gasteiger charge is -2.05. The number of aryl methyl sites for hydroxylation is 1. The van der Waals surface area contributed by atoms with Crippen molar-refractivity contribution < 1.29 is 15.0 Å². The number of hydrogen-bond donors (Lipinski definition) is 2. The van der Waals surface area contributed by atoms with Crippen molar-refractivity contribution in [1.29, 1.82) is 0 Å². The highest BCUT2D eigenvalue weighted by Crippen LogP contribution is 2.17. The molecule has 0 aliphatic heterocycles. The van der Waals surface area contributed by atoms with E-state index in [2.05, 4.69) is 0 Å². The highest BCUT2D eigenvalue weighted by atomic mass is 32.1. The Hall–Kier alpha value is -1.36. The molecule has 0 aliphatic rings. The maximum atomic E-state index is 10.6. The number of hydrogen-bond acceptors (Lipinski definition) is 3. The molecule has 1 rings (SSSR count). The van der Waals surface area contributed by atoms with Crippen LogP contribution in [-0.4, -0.2) is 20.7 Å². The lowest BCUT2D eigenvalue weighted by Crippen LogP contribution is -2.07. The van der Waals surface area contributed by atoms with Crippen molar-refractivity contribution in [2.45, 2.75) is 0 Å². The second kappa shape index (κ2) is 2.94. The number of nitrogens with zero attached hydrogens (tertiary/aromatic N) is 1. The molecule has 0 fully saturated rings. The second-order valence-corrected chi connectivity index (χ2v) is 2.73. The fourth-order valence-corrected chi connectivity index (χ4v) is 1.03. The number of rotatable bonds is 1. The Morgan fingerprint density at radius 3 is 2.67 bits per heavy atom. The maximum absolute atomic E-state index is 10.6. The van der Waals surface area contributed by atoms with Gasteiger partial charge in [-0.15, -0.1) is 0 Å². The summed E-state index contributed by atoms with van der Waals surface area (Å²) < 4.78 is 1.44. The average Bonchev–Trinajstić information content (AvgIpc) is 1.97. The Morgan fingerprint density at radius 1 is 1.67 bits per heavy atom. The molecule has 0 bridgehead atoms. The Balaban J connectivity index is 3.54. The van der Waals surface area contributed by atoms with E-state index in [9.17, 15) is 9.90 Å². The van der Waals surface area contributed by atoms with Crippen molar-refractivity contribution in [3.8, 4) is 5.75 Å². The molecule has 0 saturated heterocycles. The van der Waals surface area contributed by atoms with E-state index in [0.717, 1.165) is 0 Å². The van der Waals surface area contributed by atoms with Crippen molar-refractivity contribution in [3.05, 3.63) is 22.5 Å². The summed E-state index contributed by atoms with van der Waals surface area (Å²) in [5, 5.41) is 17.9. The van der Waals surface area contributed by atoms with Crippen LogP contribution in [0.25, 0.3) is 0 Å². The molecule has 0 aliphatic carbocycles. The monoisotopic (exact) mass is 185 g/mol. The minimum Gasteiger partial charge on any atom is -0.504 e. The van der Waals surface area contributed by atoms with E-state index in [-0.39, 0.29) is 16.0 Å². The van der Waals surface area contributed by atoms with Gasteiger partial charge in [0.05, 0.1) is 4.51 Å². The molecule has 1 aromatic heterocycles. The van der Waals surface area contributed by atoms with Crippen molar-refractivity contribution >= 4 is 18.2 Å². The number of carboxylic acid groups (broad SMARTS) is 1. The largest absolute Gasteiger partial charge is 0.504 e. The molecule has 0 atom stereocenters. The normalized spacial score (nSPS) is 9.75. The van der Waals surface area contributed by atoms with Crippen molar-refractivity contribution in [2.75, 3.05) is 0 Å². The van der Waals surface area contributed by atoms with Crippen LogP contribution in [0.4, 0.5) is 0 Å². The number of pyridine rings is 1. The molecule has 1 heterocycles. The Kier molecular flexibility index (Phi) is 2.14. The molecule has 12 heavy (non-hydrogen) atoms. The molecule has 0 amide bonds. The predicted octanol–water partition coefficient (Wildman–Crippen LogP) is 1.16. The summed E-state index contributed by atoms with van der Waals surface area (Å²) in [6.45, 7) is 0. The van der Waals surface area contributed by atoms with E-state index in [1.807, 2.05) is 0 Å². The highest BCUT2D eigenvalue weighted by Gasteiger charge is 2.12. The first-order valence-electron chi connectivity index (χ1n) is 3.16. The Morgan fingerprint density at radius 2 is 2.25 bits per heavy atom. The van der Waals surface area contributed by atoms with E-state index in [1.165, 1.54) is 23.9 Å². The molecule has 0 unspecified atom stereocenters. The number of aromatic carboxylic acids is 1. The summed E-state index contributed by atoms with van der Waals surface area (Å²) in [5.41, 5.74) is -0.192. The smallest absolute Gasteiger partial charge is 0.356 e. The third kappa shape index (κ3) is 1.31. The molecule has 2 N–H and O–H groups in total. The first-order chi connectivity index (χ1) is 5.54. The third-order valence-corrected chi connectivity index (χ3v) is 1.79. The van der Waals surface area contributed by atoms with Gasteiger partial charge in [-0.05, 0) is 6.07 Å². The molecule has 4 nitrogen and oxygen atoms in total. The van der Waals surface area contributed by atoms with Crippen LogP contribution < -0.4 is 0 Å². The number of carboxylic acids is 1. The second-order valence-electron chi connectivity index (χ2n) is 2.29. The molecule has 64 valence electrons. The quantitative estimate of drug-likeness (QED) is 0.644. The fraction of sp³-hybridized carbons (Fsp3) is 0.143. The predicted molar refractivity (Wildman–Crippen MR) is 44.9 cm³/mol. The topological polar surface area (TPSA) is 62.5 Å². The van der Waals surface area contributed by atoms with Gasteiger partial charge >= 0.3 is 5.97 Å². The first-order valence-corrected chi connectivity index (χ1v) is 3.56. The van der Waals surface area contributed by atoms with Crippen LogP contribution in [-0.2, 0) is 7.05 Å². The molecule has 0 radical (unpaired) electrons. The van der Waals surface area contributed by atoms with E-state index < -0.39 is 5.97 Å². The molecular weight excluding hydrogens is 178 g/mol. The van der Waals surface area contributed by atoms with Crippen molar-refractivity contribution in [2.24, 2.45) is 7.05 Å². The van der Waals surface area contributed by atoms with Gasteiger partial charge in [0.15, 0.2) is 11.4 Å². The molecule has 0 spiro atoms. The van der Waals surface area contributed by atoms with Crippen LogP contribution in [0.5, 0.6) is 5.75 Å². The van der Waals surface area contributed by atoms with Gasteiger partial charge in [0, 0.05) is 13.2 Å². The standard InChI is InChI=1S/C7H7NO3S/c1-8-3-2-4(12)6(9)5(8)7(10)11/h2-3,9H,1H3,(H,10,11). The van der Waals surface area contributed by atoms with E-state index in [1.54, 1.807) is 0 Å². The summed E-state index contributed by atoms with van der Waals surface area (Å²) in [5.74, 6) is -1.55. The van der Waals surface area contributed by atoms with Crippen LogP contribution in [0, 0.1) is 4.51 Å². The van der Waals surface area contributed by atoms with Gasteiger partial charge in [0.25, 0.3) is 0 Å². The minimum atomic E-state index is -1.19. The van der Waals surface area contributed by atoms with Gasteiger partial charge in [-0.2, -0.15) is 0 Å². The lowest BCUT2D eigenvalue weighted by atomic mass is 10.3. The number of aromatic nitrogens is 1. The van der Waals surface area contributed by atoms with E-state index >= 15 is 0 Å². The average molecular weight is 185 g/mol. The number of aromatic hydroxyl groups is 1. The zero-order valence-electron chi connectivity index (χ0n) is 6.31. The van der Waals surface area contributed by atoms with Gasteiger partial charge < -0.3 is 14.8 Å². The first kappa shape index (κ1) is 8.73. The van der Waals surface area contributed by atoms with Crippen LogP contribution in [0.3, 0.4) is 0 Å². The third-order valence-electron chi connectivity index (χ3n) is 1.46. The van der Waals surface area contributed by atoms with Gasteiger partial charge in [0.1, 0.15) is 0 Å². The summed E-state index contributed by atoms with van der Waals surface area (Å²) >= 11 is 4.69. The summed E-state index contributed by atoms with van der Waals surface area (Å²) in [4.78, 5) is 10.6. The Bertz CT molecular complexity index is 383. The van der Waals surface area contributed by atoms with E-state index in [0.29, 0.717) is 0 Å². The summed E-state index contributed by atoms with van der Waals surface area (Å²) in [6.07, 6.45) is 1.49. The zero-order valence-corrected chi connectivity index (χ0v) is 7.13. The van der Waals surface area contributed by atoms with Crippen LogP contribution >= 0.6 is 12.2 Å². The van der Waals surface area contributed by atoms with Crippen molar-refractivity contribution in [1.82, 2.24) is 4.57 Å². The van der Waals surface area contributed by atoms with Crippen molar-refractivity contribution in [3.63, 3.8) is 0 Å². The zero-order chi connectivity index (χ0) is 9.30. The van der Waals surface area contributed by atoms with Crippen LogP contribution in [0.2, 0.25) is 0 Å². The lowest BCUT2D eigenvalue weighted by molar-refractivity contribution is 0.0681. The maximum Gasteiger partial charge on any atom is 0.356 e. The molecular formula is C7H7NO3S. The summed E-state index contributed by atoms with van der Waals surface area (Å²) in [6, 6.07) is 1.47. The molecule has 0 aromatic carbocycles. The summed E-state index contributed by atoms with van der Waals surface area (Å²) in [7, 11) is 1.53. The van der Waals surface area contributed by atoms with E-state index in [4.69, 9.17) is 17.3 Å².